The van der Waals surface area contributed by atoms with Crippen molar-refractivity contribution < 1.29 is 18.7 Å². The number of nitrogens with zero attached hydrogens (tertiary/aromatic N) is 2. The van der Waals surface area contributed by atoms with Crippen molar-refractivity contribution in [2.75, 3.05) is 7.11 Å². The first-order valence-corrected chi connectivity index (χ1v) is 9.55. The SMILES string of the molecule is COc1ccc(-c2nnc([C@H](C)OC(=O)c3sc4ccccc4c3C)o2)cc1. The van der Waals surface area contributed by atoms with Crippen molar-refractivity contribution in [1.29, 1.82) is 0 Å². The third-order valence-electron chi connectivity index (χ3n) is 4.44. The lowest BCUT2D eigenvalue weighted by Crippen LogP contribution is -2.09. The van der Waals surface area contributed by atoms with Crippen LogP contribution >= 0.6 is 11.3 Å². The van der Waals surface area contributed by atoms with Crippen molar-refractivity contribution in [3.63, 3.8) is 0 Å². The molecule has 0 radical (unpaired) electrons. The molecular weight excluding hydrogens is 376 g/mol. The van der Waals surface area contributed by atoms with Crippen LogP contribution in [-0.2, 0) is 4.74 Å². The van der Waals surface area contributed by atoms with Crippen LogP contribution in [0, 0.1) is 6.92 Å². The highest BCUT2D eigenvalue weighted by atomic mass is 32.1. The van der Waals surface area contributed by atoms with Crippen LogP contribution < -0.4 is 4.74 Å². The van der Waals surface area contributed by atoms with Gasteiger partial charge in [0.15, 0.2) is 6.10 Å². The summed E-state index contributed by atoms with van der Waals surface area (Å²) in [5, 5.41) is 9.14. The maximum atomic E-state index is 12.7. The highest BCUT2D eigenvalue weighted by Crippen LogP contribution is 2.32. The molecule has 1 atom stereocenters. The van der Waals surface area contributed by atoms with Gasteiger partial charge in [0.1, 0.15) is 10.6 Å². The number of thiophene rings is 1. The van der Waals surface area contributed by atoms with Gasteiger partial charge in [0.25, 0.3) is 5.89 Å². The van der Waals surface area contributed by atoms with Crippen molar-refractivity contribution in [3.05, 3.63) is 64.9 Å². The number of fused-ring (bicyclic) bond motifs is 1. The Balaban J connectivity index is 1.51. The second-order valence-electron chi connectivity index (χ2n) is 6.27. The number of hydrogen-bond donors (Lipinski definition) is 0. The first-order valence-electron chi connectivity index (χ1n) is 8.73. The Morgan fingerprint density at radius 2 is 1.86 bits per heavy atom. The number of methoxy groups -OCH3 is 1. The van der Waals surface area contributed by atoms with Gasteiger partial charge in [-0.1, -0.05) is 18.2 Å². The van der Waals surface area contributed by atoms with Gasteiger partial charge in [-0.3, -0.25) is 0 Å². The first-order chi connectivity index (χ1) is 13.6. The Labute approximate surface area is 165 Å². The predicted molar refractivity (Wildman–Crippen MR) is 107 cm³/mol. The molecule has 4 rings (SSSR count). The van der Waals surface area contributed by atoms with Crippen LogP contribution in [0.3, 0.4) is 0 Å². The summed E-state index contributed by atoms with van der Waals surface area (Å²) in [6.45, 7) is 3.64. The van der Waals surface area contributed by atoms with E-state index >= 15 is 0 Å². The number of hydrogen-bond acceptors (Lipinski definition) is 7. The molecule has 7 heteroatoms. The third kappa shape index (κ3) is 3.36. The van der Waals surface area contributed by atoms with Gasteiger partial charge in [0.2, 0.25) is 5.89 Å². The fraction of sp³-hybridized carbons (Fsp3) is 0.190. The van der Waals surface area contributed by atoms with E-state index in [-0.39, 0.29) is 5.89 Å². The summed E-state index contributed by atoms with van der Waals surface area (Å²) in [5.41, 5.74) is 1.68. The molecular formula is C21H18N2O4S. The molecule has 28 heavy (non-hydrogen) atoms. The van der Waals surface area contributed by atoms with E-state index in [9.17, 15) is 4.79 Å². The summed E-state index contributed by atoms with van der Waals surface area (Å²) in [4.78, 5) is 13.2. The van der Waals surface area contributed by atoms with E-state index in [4.69, 9.17) is 13.9 Å². The minimum Gasteiger partial charge on any atom is -0.497 e. The number of esters is 1. The Hall–Kier alpha value is -3.19. The van der Waals surface area contributed by atoms with E-state index < -0.39 is 12.1 Å². The fourth-order valence-electron chi connectivity index (χ4n) is 2.88. The van der Waals surface area contributed by atoms with Crippen LogP contribution in [0.4, 0.5) is 0 Å². The second kappa shape index (κ2) is 7.44. The van der Waals surface area contributed by atoms with Crippen molar-refractivity contribution >= 4 is 27.4 Å². The molecule has 4 aromatic rings. The van der Waals surface area contributed by atoms with Crippen LogP contribution in [0.15, 0.2) is 52.9 Å². The molecule has 0 saturated heterocycles. The number of aromatic nitrogens is 2. The Kier molecular flexibility index (Phi) is 4.83. The highest BCUT2D eigenvalue weighted by molar-refractivity contribution is 7.21. The molecule has 0 spiro atoms. The molecule has 2 aromatic carbocycles. The van der Waals surface area contributed by atoms with E-state index in [0.29, 0.717) is 10.8 Å². The summed E-state index contributed by atoms with van der Waals surface area (Å²) < 4.78 is 17.5. The molecule has 0 aliphatic carbocycles. The van der Waals surface area contributed by atoms with Crippen LogP contribution in [0.2, 0.25) is 0 Å². The molecule has 2 heterocycles. The predicted octanol–water partition coefficient (Wildman–Crippen LogP) is 5.19. The van der Waals surface area contributed by atoms with Gasteiger partial charge in [-0.2, -0.15) is 0 Å². The van der Waals surface area contributed by atoms with Gasteiger partial charge >= 0.3 is 5.97 Å². The molecule has 0 unspecified atom stereocenters. The quantitative estimate of drug-likeness (QED) is 0.434. The highest BCUT2D eigenvalue weighted by Gasteiger charge is 2.23. The van der Waals surface area contributed by atoms with E-state index in [0.717, 1.165) is 27.0 Å². The van der Waals surface area contributed by atoms with E-state index in [1.54, 1.807) is 14.0 Å². The van der Waals surface area contributed by atoms with Crippen molar-refractivity contribution in [3.8, 4) is 17.2 Å². The summed E-state index contributed by atoms with van der Waals surface area (Å²) in [6.07, 6.45) is -0.656. The molecule has 0 fully saturated rings. The van der Waals surface area contributed by atoms with Gasteiger partial charge in [0.05, 0.1) is 7.11 Å². The zero-order valence-corrected chi connectivity index (χ0v) is 16.4. The normalized spacial score (nSPS) is 12.1. The molecule has 0 bridgehead atoms. The smallest absolute Gasteiger partial charge is 0.349 e. The molecule has 0 aliphatic heterocycles. The summed E-state index contributed by atoms with van der Waals surface area (Å²) in [7, 11) is 1.61. The fourth-order valence-corrected chi connectivity index (χ4v) is 3.97. The standard InChI is InChI=1S/C21H18N2O4S/c1-12-16-6-4-5-7-17(16)28-18(12)21(24)26-13(2)19-22-23-20(27-19)14-8-10-15(25-3)11-9-14/h4-11,13H,1-3H3/t13-/m0/s1. The average molecular weight is 394 g/mol. The van der Waals surface area contributed by atoms with E-state index in [1.807, 2.05) is 55.5 Å². The van der Waals surface area contributed by atoms with Crippen molar-refractivity contribution in [2.45, 2.75) is 20.0 Å². The lowest BCUT2D eigenvalue weighted by atomic mass is 10.1. The largest absolute Gasteiger partial charge is 0.497 e. The topological polar surface area (TPSA) is 74.5 Å². The molecule has 2 aromatic heterocycles. The van der Waals surface area contributed by atoms with Gasteiger partial charge in [-0.25, -0.2) is 4.79 Å². The average Bonchev–Trinajstić information content (AvgIpc) is 3.34. The van der Waals surface area contributed by atoms with Crippen molar-refractivity contribution in [1.82, 2.24) is 10.2 Å². The maximum absolute atomic E-state index is 12.7. The second-order valence-corrected chi connectivity index (χ2v) is 7.33. The molecule has 0 saturated carbocycles. The monoisotopic (exact) mass is 394 g/mol. The first kappa shape index (κ1) is 18.2. The van der Waals surface area contributed by atoms with Gasteiger partial charge < -0.3 is 13.9 Å². The number of carbonyl (C=O) groups is 1. The molecule has 0 aliphatic rings. The molecule has 6 nitrogen and oxygen atoms in total. The lowest BCUT2D eigenvalue weighted by Gasteiger charge is -2.08. The van der Waals surface area contributed by atoms with Crippen LogP contribution in [0.5, 0.6) is 5.75 Å². The summed E-state index contributed by atoms with van der Waals surface area (Å²) >= 11 is 1.42. The van der Waals surface area contributed by atoms with Gasteiger partial charge in [-0.05, 0) is 55.1 Å². The van der Waals surface area contributed by atoms with Gasteiger partial charge in [-0.15, -0.1) is 21.5 Å². The zero-order valence-electron chi connectivity index (χ0n) is 15.6. The number of aryl methyl sites for hydroxylation is 1. The Bertz CT molecular complexity index is 1130. The summed E-state index contributed by atoms with van der Waals surface area (Å²) in [6, 6.07) is 15.2. The van der Waals surface area contributed by atoms with Gasteiger partial charge in [0, 0.05) is 10.3 Å². The minimum atomic E-state index is -0.656. The summed E-state index contributed by atoms with van der Waals surface area (Å²) in [5.74, 6) is 0.955. The molecule has 0 amide bonds. The zero-order chi connectivity index (χ0) is 19.7. The van der Waals surface area contributed by atoms with Crippen LogP contribution in [0.1, 0.15) is 34.2 Å². The number of rotatable bonds is 5. The Morgan fingerprint density at radius 3 is 2.57 bits per heavy atom. The minimum absolute atomic E-state index is 0.248. The van der Waals surface area contributed by atoms with Crippen LogP contribution in [0.25, 0.3) is 21.5 Å². The molecule has 142 valence electrons. The number of benzene rings is 2. The van der Waals surface area contributed by atoms with E-state index in [2.05, 4.69) is 10.2 Å². The number of carbonyl (C=O) groups excluding carboxylic acids is 1. The maximum Gasteiger partial charge on any atom is 0.349 e. The molecule has 0 N–H and O–H groups in total. The third-order valence-corrected chi connectivity index (χ3v) is 5.69. The van der Waals surface area contributed by atoms with E-state index in [1.165, 1.54) is 11.3 Å². The van der Waals surface area contributed by atoms with Crippen molar-refractivity contribution in [2.24, 2.45) is 0 Å². The Morgan fingerprint density at radius 1 is 1.11 bits per heavy atom. The van der Waals surface area contributed by atoms with Crippen LogP contribution in [-0.4, -0.2) is 23.3 Å². The lowest BCUT2D eigenvalue weighted by molar-refractivity contribution is 0.0285. The number of ether oxygens (including phenoxy) is 2.